The van der Waals surface area contributed by atoms with Crippen LogP contribution in [0.5, 0.6) is 5.75 Å². The fraction of sp³-hybridized carbons (Fsp3) is 0.200. The van der Waals surface area contributed by atoms with Crippen LogP contribution in [0.1, 0.15) is 24.1 Å². The molecule has 0 fully saturated rings. The van der Waals surface area contributed by atoms with Crippen LogP contribution in [0.2, 0.25) is 0 Å². The van der Waals surface area contributed by atoms with Gasteiger partial charge in [0.25, 0.3) is 0 Å². The van der Waals surface area contributed by atoms with Crippen molar-refractivity contribution < 1.29 is 4.74 Å². The van der Waals surface area contributed by atoms with E-state index in [1.807, 2.05) is 49.4 Å². The summed E-state index contributed by atoms with van der Waals surface area (Å²) in [5.74, 6) is 0.826. The molecular formula is C15H15Br2NO. The highest BCUT2D eigenvalue weighted by Crippen LogP contribution is 2.28. The standard InChI is InChI=1S/C15H15Br2NO/c1-10(18)14-7-6-13(17)8-15(14)19-9-11-2-4-12(16)5-3-11/h2-8,10H,9,18H2,1H3. The van der Waals surface area contributed by atoms with Crippen LogP contribution in [-0.4, -0.2) is 0 Å². The van der Waals surface area contributed by atoms with Gasteiger partial charge in [0.05, 0.1) is 0 Å². The Bertz CT molecular complexity index is 553. The van der Waals surface area contributed by atoms with E-state index >= 15 is 0 Å². The molecule has 2 rings (SSSR count). The Morgan fingerprint density at radius 2 is 1.68 bits per heavy atom. The molecule has 19 heavy (non-hydrogen) atoms. The Labute approximate surface area is 130 Å². The van der Waals surface area contributed by atoms with E-state index in [1.54, 1.807) is 0 Å². The van der Waals surface area contributed by atoms with Crippen molar-refractivity contribution in [2.24, 2.45) is 5.73 Å². The molecule has 0 aromatic heterocycles. The maximum Gasteiger partial charge on any atom is 0.125 e. The predicted molar refractivity (Wildman–Crippen MR) is 85.2 cm³/mol. The van der Waals surface area contributed by atoms with E-state index in [9.17, 15) is 0 Å². The van der Waals surface area contributed by atoms with Crippen molar-refractivity contribution in [3.63, 3.8) is 0 Å². The summed E-state index contributed by atoms with van der Waals surface area (Å²) in [5.41, 5.74) is 8.09. The van der Waals surface area contributed by atoms with Crippen LogP contribution in [0.25, 0.3) is 0 Å². The van der Waals surface area contributed by atoms with Gasteiger partial charge in [-0.15, -0.1) is 0 Å². The molecule has 2 N–H and O–H groups in total. The van der Waals surface area contributed by atoms with Gasteiger partial charge in [-0.1, -0.05) is 50.1 Å². The van der Waals surface area contributed by atoms with E-state index in [1.165, 1.54) is 0 Å². The third-order valence-corrected chi connectivity index (χ3v) is 3.80. The van der Waals surface area contributed by atoms with Crippen LogP contribution in [0.4, 0.5) is 0 Å². The van der Waals surface area contributed by atoms with Gasteiger partial charge in [0.2, 0.25) is 0 Å². The van der Waals surface area contributed by atoms with Crippen LogP contribution in [0.15, 0.2) is 51.4 Å². The smallest absolute Gasteiger partial charge is 0.125 e. The molecule has 0 spiro atoms. The summed E-state index contributed by atoms with van der Waals surface area (Å²) in [7, 11) is 0. The molecule has 4 heteroatoms. The first kappa shape index (κ1) is 14.6. The SMILES string of the molecule is CC(N)c1ccc(Br)cc1OCc1ccc(Br)cc1. The minimum absolute atomic E-state index is 0.0481. The van der Waals surface area contributed by atoms with Crippen LogP contribution in [-0.2, 0) is 6.61 Å². The maximum absolute atomic E-state index is 5.95. The summed E-state index contributed by atoms with van der Waals surface area (Å²) in [4.78, 5) is 0. The lowest BCUT2D eigenvalue weighted by Gasteiger charge is -2.14. The largest absolute Gasteiger partial charge is 0.489 e. The average Bonchev–Trinajstić information content (AvgIpc) is 2.38. The highest BCUT2D eigenvalue weighted by atomic mass is 79.9. The molecule has 1 atom stereocenters. The van der Waals surface area contributed by atoms with Gasteiger partial charge in [0.1, 0.15) is 12.4 Å². The lowest BCUT2D eigenvalue weighted by Crippen LogP contribution is -2.08. The Morgan fingerprint density at radius 1 is 1.05 bits per heavy atom. The molecule has 1 unspecified atom stereocenters. The van der Waals surface area contributed by atoms with E-state index in [4.69, 9.17) is 10.5 Å². The molecule has 2 nitrogen and oxygen atoms in total. The highest BCUT2D eigenvalue weighted by molar-refractivity contribution is 9.10. The van der Waals surface area contributed by atoms with Crippen LogP contribution >= 0.6 is 31.9 Å². The van der Waals surface area contributed by atoms with Crippen molar-refractivity contribution in [2.75, 3.05) is 0 Å². The molecule has 0 saturated carbocycles. The first-order valence-electron chi connectivity index (χ1n) is 5.98. The molecule has 0 bridgehead atoms. The van der Waals surface area contributed by atoms with Crippen molar-refractivity contribution in [3.8, 4) is 5.75 Å². The van der Waals surface area contributed by atoms with Crippen LogP contribution < -0.4 is 10.5 Å². The third-order valence-electron chi connectivity index (χ3n) is 2.77. The van der Waals surface area contributed by atoms with Gasteiger partial charge in [0.15, 0.2) is 0 Å². The number of ether oxygens (including phenoxy) is 1. The Kier molecular flexibility index (Phi) is 5.02. The van der Waals surface area contributed by atoms with Gasteiger partial charge in [-0.3, -0.25) is 0 Å². The summed E-state index contributed by atoms with van der Waals surface area (Å²) >= 11 is 6.87. The second kappa shape index (κ2) is 6.55. The van der Waals surface area contributed by atoms with Gasteiger partial charge in [-0.2, -0.15) is 0 Å². The minimum Gasteiger partial charge on any atom is -0.489 e. The molecule has 2 aromatic rings. The summed E-state index contributed by atoms with van der Waals surface area (Å²) in [6, 6.07) is 14.0. The average molecular weight is 385 g/mol. The zero-order valence-electron chi connectivity index (χ0n) is 10.6. The molecule has 0 radical (unpaired) electrons. The van der Waals surface area contributed by atoms with E-state index in [0.29, 0.717) is 6.61 Å². The minimum atomic E-state index is -0.0481. The first-order valence-corrected chi connectivity index (χ1v) is 7.57. The van der Waals surface area contributed by atoms with E-state index < -0.39 is 0 Å². The molecule has 0 aliphatic carbocycles. The van der Waals surface area contributed by atoms with E-state index in [2.05, 4.69) is 31.9 Å². The van der Waals surface area contributed by atoms with E-state index in [0.717, 1.165) is 25.8 Å². The number of hydrogen-bond donors (Lipinski definition) is 1. The third kappa shape index (κ3) is 4.06. The van der Waals surface area contributed by atoms with Gasteiger partial charge in [-0.25, -0.2) is 0 Å². The van der Waals surface area contributed by atoms with Crippen LogP contribution in [0, 0.1) is 0 Å². The van der Waals surface area contributed by atoms with Crippen LogP contribution in [0.3, 0.4) is 0 Å². The Hall–Kier alpha value is -0.840. The molecule has 0 heterocycles. The maximum atomic E-state index is 5.95. The number of rotatable bonds is 4. The monoisotopic (exact) mass is 383 g/mol. The summed E-state index contributed by atoms with van der Waals surface area (Å²) in [6.07, 6.45) is 0. The van der Waals surface area contributed by atoms with Crippen molar-refractivity contribution >= 4 is 31.9 Å². The summed E-state index contributed by atoms with van der Waals surface area (Å²) in [5, 5.41) is 0. The second-order valence-electron chi connectivity index (χ2n) is 4.39. The van der Waals surface area contributed by atoms with Gasteiger partial charge in [-0.05, 0) is 36.8 Å². The summed E-state index contributed by atoms with van der Waals surface area (Å²) in [6.45, 7) is 2.49. The van der Waals surface area contributed by atoms with Crippen molar-refractivity contribution in [1.82, 2.24) is 0 Å². The molecule has 0 aliphatic heterocycles. The normalized spacial score (nSPS) is 12.2. The number of nitrogens with two attached hydrogens (primary N) is 1. The first-order chi connectivity index (χ1) is 9.06. The van der Waals surface area contributed by atoms with Gasteiger partial charge >= 0.3 is 0 Å². The lowest BCUT2D eigenvalue weighted by atomic mass is 10.1. The number of benzene rings is 2. The quantitative estimate of drug-likeness (QED) is 0.820. The number of hydrogen-bond acceptors (Lipinski definition) is 2. The molecule has 0 amide bonds. The molecule has 0 saturated heterocycles. The van der Waals surface area contributed by atoms with Crippen molar-refractivity contribution in [3.05, 3.63) is 62.5 Å². The van der Waals surface area contributed by atoms with Gasteiger partial charge < -0.3 is 10.5 Å². The highest BCUT2D eigenvalue weighted by Gasteiger charge is 2.09. The molecule has 100 valence electrons. The lowest BCUT2D eigenvalue weighted by molar-refractivity contribution is 0.301. The Balaban J connectivity index is 2.14. The zero-order valence-corrected chi connectivity index (χ0v) is 13.7. The number of halogens is 2. The van der Waals surface area contributed by atoms with Crippen molar-refractivity contribution in [1.29, 1.82) is 0 Å². The second-order valence-corrected chi connectivity index (χ2v) is 6.22. The Morgan fingerprint density at radius 3 is 2.32 bits per heavy atom. The van der Waals surface area contributed by atoms with Gasteiger partial charge in [0, 0.05) is 20.6 Å². The molecule has 0 aliphatic rings. The molecule has 2 aromatic carbocycles. The topological polar surface area (TPSA) is 35.2 Å². The fourth-order valence-corrected chi connectivity index (χ4v) is 2.36. The molecular weight excluding hydrogens is 370 g/mol. The fourth-order valence-electron chi connectivity index (χ4n) is 1.75. The summed E-state index contributed by atoms with van der Waals surface area (Å²) < 4.78 is 7.93. The predicted octanol–water partition coefficient (Wildman–Crippen LogP) is 4.81. The van der Waals surface area contributed by atoms with Crippen molar-refractivity contribution in [2.45, 2.75) is 19.6 Å². The van der Waals surface area contributed by atoms with E-state index in [-0.39, 0.29) is 6.04 Å². The zero-order chi connectivity index (χ0) is 13.8.